The minimum atomic E-state index is -0.372. The minimum absolute atomic E-state index is 0.372. The van der Waals surface area contributed by atoms with E-state index in [1.807, 2.05) is 0 Å². The minimum Gasteiger partial charge on any atom is -0.489 e. The maximum Gasteiger partial charge on any atom is 0.123 e. The summed E-state index contributed by atoms with van der Waals surface area (Å²) in [4.78, 5) is 2.29. The lowest BCUT2D eigenvalue weighted by molar-refractivity contribution is 0.293. The molecule has 2 heteroatoms. The largest absolute Gasteiger partial charge is 0.489 e. The molecule has 0 saturated heterocycles. The van der Waals surface area contributed by atoms with Crippen molar-refractivity contribution in [3.63, 3.8) is 0 Å². The number of ether oxygens (including phenoxy) is 1. The molecular formula is C50H47NO. The van der Waals surface area contributed by atoms with Crippen LogP contribution in [0.15, 0.2) is 194 Å². The van der Waals surface area contributed by atoms with Gasteiger partial charge in [0, 0.05) is 17.9 Å². The van der Waals surface area contributed by atoms with Gasteiger partial charge in [-0.15, -0.1) is 0 Å². The number of benzene rings is 5. The summed E-state index contributed by atoms with van der Waals surface area (Å²) in [5.41, 5.74) is 13.1. The lowest BCUT2D eigenvalue weighted by Crippen LogP contribution is -2.33. The van der Waals surface area contributed by atoms with Crippen molar-refractivity contribution in [2.45, 2.75) is 45.1 Å². The van der Waals surface area contributed by atoms with Gasteiger partial charge < -0.3 is 9.64 Å². The van der Waals surface area contributed by atoms with Gasteiger partial charge in [0.1, 0.15) is 12.4 Å². The van der Waals surface area contributed by atoms with Crippen LogP contribution >= 0.6 is 0 Å². The lowest BCUT2D eigenvalue weighted by Gasteiger charge is -2.37. The maximum absolute atomic E-state index is 6.45. The van der Waals surface area contributed by atoms with Crippen LogP contribution in [0.5, 0.6) is 5.75 Å². The number of fused-ring (bicyclic) bond motifs is 5. The average Bonchev–Trinajstić information content (AvgIpc) is 3.45. The van der Waals surface area contributed by atoms with E-state index in [4.69, 9.17) is 4.74 Å². The quantitative estimate of drug-likeness (QED) is 0.129. The number of para-hydroxylation sites is 1. The SMILES string of the molecule is C=C(/C=C\C=C/CC)N(C/C=C/C1=C(/C=C\CC)C2(Cc3ccccc3OCc3ccccc32)c2ccccc21)c1ccc(-c2ccccc2)cc1. The third-order valence-electron chi connectivity index (χ3n) is 10.2. The fraction of sp³-hybridized carbons (Fsp3) is 0.160. The van der Waals surface area contributed by atoms with Crippen LogP contribution in [0.2, 0.25) is 0 Å². The molecule has 2 nitrogen and oxygen atoms in total. The topological polar surface area (TPSA) is 12.5 Å². The number of nitrogens with zero attached hydrogens (tertiary/aromatic N) is 1. The zero-order valence-corrected chi connectivity index (χ0v) is 30.3. The van der Waals surface area contributed by atoms with Crippen LogP contribution < -0.4 is 9.64 Å². The Labute approximate surface area is 310 Å². The third-order valence-corrected chi connectivity index (χ3v) is 10.2. The van der Waals surface area contributed by atoms with Gasteiger partial charge >= 0.3 is 0 Å². The molecule has 1 atom stereocenters. The second-order valence-electron chi connectivity index (χ2n) is 13.4. The highest BCUT2D eigenvalue weighted by atomic mass is 16.5. The zero-order valence-electron chi connectivity index (χ0n) is 30.3. The summed E-state index contributed by atoms with van der Waals surface area (Å²) in [5, 5.41) is 0. The predicted molar refractivity (Wildman–Crippen MR) is 221 cm³/mol. The first-order valence-corrected chi connectivity index (χ1v) is 18.6. The number of hydrogen-bond donors (Lipinski definition) is 0. The van der Waals surface area contributed by atoms with E-state index in [-0.39, 0.29) is 5.41 Å². The molecule has 258 valence electrons. The van der Waals surface area contributed by atoms with Gasteiger partial charge in [0.05, 0.1) is 5.41 Å². The van der Waals surface area contributed by atoms with Crippen molar-refractivity contribution in [1.29, 1.82) is 0 Å². The molecular weight excluding hydrogens is 631 g/mol. The average molecular weight is 678 g/mol. The molecule has 5 aromatic rings. The van der Waals surface area contributed by atoms with Crippen molar-refractivity contribution in [2.24, 2.45) is 0 Å². The predicted octanol–water partition coefficient (Wildman–Crippen LogP) is 12.6. The van der Waals surface area contributed by atoms with E-state index in [1.165, 1.54) is 50.1 Å². The molecule has 0 bridgehead atoms. The number of anilines is 1. The Hall–Kier alpha value is -5.86. The molecule has 1 aliphatic heterocycles. The van der Waals surface area contributed by atoms with Crippen LogP contribution in [0.3, 0.4) is 0 Å². The second kappa shape index (κ2) is 16.0. The van der Waals surface area contributed by atoms with Crippen LogP contribution in [0.1, 0.15) is 54.5 Å². The molecule has 52 heavy (non-hydrogen) atoms. The summed E-state index contributed by atoms with van der Waals surface area (Å²) >= 11 is 0. The summed E-state index contributed by atoms with van der Waals surface area (Å²) in [7, 11) is 0. The fourth-order valence-electron chi connectivity index (χ4n) is 7.73. The highest BCUT2D eigenvalue weighted by molar-refractivity contribution is 5.90. The monoisotopic (exact) mass is 677 g/mol. The lowest BCUT2D eigenvalue weighted by atomic mass is 9.66. The van der Waals surface area contributed by atoms with Crippen molar-refractivity contribution >= 4 is 11.3 Å². The molecule has 1 heterocycles. The molecule has 0 fully saturated rings. The molecule has 1 unspecified atom stereocenters. The van der Waals surface area contributed by atoms with Gasteiger partial charge in [0.2, 0.25) is 0 Å². The standard InChI is InChI=1S/C50H47NO/c1-4-6-8-10-20-38(3)51(43-33-31-40(32-34-43)39-21-11-9-12-22-39)35-19-26-45-44-25-15-17-29-48(44)50(47(45)27-7-5-2)36-41-23-14-18-30-49(41)52-37-42-24-13-16-28-46(42)50/h6-34H,3-5,35-37H2,1-2H3/b8-6-,20-10-,26-19+,27-7-. The Morgan fingerprint density at radius 1 is 0.673 bits per heavy atom. The molecule has 1 spiro atoms. The van der Waals surface area contributed by atoms with Crippen LogP contribution in [0, 0.1) is 0 Å². The van der Waals surface area contributed by atoms with Gasteiger partial charge in [-0.05, 0) is 93.6 Å². The molecule has 0 amide bonds. The summed E-state index contributed by atoms with van der Waals surface area (Å²) in [6.07, 6.45) is 20.6. The number of rotatable bonds is 11. The Morgan fingerprint density at radius 3 is 2.13 bits per heavy atom. The van der Waals surface area contributed by atoms with Crippen molar-refractivity contribution in [3.8, 4) is 16.9 Å². The number of allylic oxidation sites excluding steroid dienone is 9. The highest BCUT2D eigenvalue weighted by Gasteiger charge is 2.46. The summed E-state index contributed by atoms with van der Waals surface area (Å²) < 4.78 is 6.45. The molecule has 0 aromatic heterocycles. The van der Waals surface area contributed by atoms with Crippen molar-refractivity contribution in [3.05, 3.63) is 222 Å². The summed E-state index contributed by atoms with van der Waals surface area (Å²) in [5.74, 6) is 0.964. The van der Waals surface area contributed by atoms with Gasteiger partial charge in [0.25, 0.3) is 0 Å². The van der Waals surface area contributed by atoms with Gasteiger partial charge in [-0.2, -0.15) is 0 Å². The first-order chi connectivity index (χ1) is 25.6. The van der Waals surface area contributed by atoms with Crippen LogP contribution in [-0.4, -0.2) is 6.54 Å². The number of hydrogen-bond acceptors (Lipinski definition) is 2. The van der Waals surface area contributed by atoms with Crippen LogP contribution in [-0.2, 0) is 18.4 Å². The van der Waals surface area contributed by atoms with Crippen molar-refractivity contribution in [1.82, 2.24) is 0 Å². The zero-order chi connectivity index (χ0) is 35.8. The van der Waals surface area contributed by atoms with E-state index in [0.717, 1.165) is 36.4 Å². The van der Waals surface area contributed by atoms with E-state index in [1.54, 1.807) is 0 Å². The second-order valence-corrected chi connectivity index (χ2v) is 13.4. The fourth-order valence-corrected chi connectivity index (χ4v) is 7.73. The summed E-state index contributed by atoms with van der Waals surface area (Å²) in [6.45, 7) is 10.1. The molecule has 7 rings (SSSR count). The normalized spacial score (nSPS) is 16.7. The first kappa shape index (κ1) is 34.6. The maximum atomic E-state index is 6.45. The Balaban J connectivity index is 1.33. The molecule has 5 aromatic carbocycles. The highest BCUT2D eigenvalue weighted by Crippen LogP contribution is 2.55. The Bertz CT molecular complexity index is 2180. The van der Waals surface area contributed by atoms with E-state index in [0.29, 0.717) is 13.2 Å². The van der Waals surface area contributed by atoms with Crippen molar-refractivity contribution in [2.75, 3.05) is 11.4 Å². The van der Waals surface area contributed by atoms with Gasteiger partial charge in [-0.3, -0.25) is 0 Å². The van der Waals surface area contributed by atoms with E-state index >= 15 is 0 Å². The summed E-state index contributed by atoms with van der Waals surface area (Å²) in [6, 6.07) is 45.8. The Morgan fingerprint density at radius 2 is 1.35 bits per heavy atom. The van der Waals surface area contributed by atoms with Crippen LogP contribution in [0.25, 0.3) is 16.7 Å². The van der Waals surface area contributed by atoms with Crippen LogP contribution in [0.4, 0.5) is 5.69 Å². The molecule has 0 radical (unpaired) electrons. The van der Waals surface area contributed by atoms with E-state index < -0.39 is 0 Å². The smallest absolute Gasteiger partial charge is 0.123 e. The third kappa shape index (κ3) is 6.90. The Kier molecular flexibility index (Phi) is 10.6. The molecule has 0 saturated carbocycles. The first-order valence-electron chi connectivity index (χ1n) is 18.6. The van der Waals surface area contributed by atoms with Gasteiger partial charge in [-0.1, -0.05) is 172 Å². The van der Waals surface area contributed by atoms with E-state index in [9.17, 15) is 0 Å². The van der Waals surface area contributed by atoms with Gasteiger partial charge in [-0.25, -0.2) is 0 Å². The molecule has 2 aliphatic rings. The molecule has 1 aliphatic carbocycles. The van der Waals surface area contributed by atoms with Gasteiger partial charge in [0.15, 0.2) is 0 Å². The van der Waals surface area contributed by atoms with E-state index in [2.05, 4.69) is 201 Å². The molecule has 0 N–H and O–H groups in total. The van der Waals surface area contributed by atoms with Crippen molar-refractivity contribution < 1.29 is 4.74 Å².